The van der Waals surface area contributed by atoms with Crippen LogP contribution < -0.4 is 5.76 Å². The lowest BCUT2D eigenvalue weighted by Crippen LogP contribution is -2.16. The van der Waals surface area contributed by atoms with E-state index in [1.54, 1.807) is 19.1 Å². The summed E-state index contributed by atoms with van der Waals surface area (Å²) in [5.41, 5.74) is 2.04. The minimum Gasteiger partial charge on any atom is -0.412 e. The minimum atomic E-state index is -0.531. The molecule has 0 fully saturated rings. The van der Waals surface area contributed by atoms with E-state index < -0.39 is 5.76 Å². The smallest absolute Gasteiger partial charge is 0.412 e. The van der Waals surface area contributed by atoms with E-state index in [1.165, 1.54) is 11.5 Å². The monoisotopic (exact) mass is 231 g/mol. The summed E-state index contributed by atoms with van der Waals surface area (Å²) in [5, 5.41) is 0. The number of rotatable bonds is 2. The normalized spacial score (nSPS) is 10.5. The first-order chi connectivity index (χ1) is 8.00. The summed E-state index contributed by atoms with van der Waals surface area (Å²) in [6.07, 6.45) is 0. The molecule has 0 unspecified atom stereocenters. The van der Waals surface area contributed by atoms with Gasteiger partial charge in [0.05, 0.1) is 5.69 Å². The van der Waals surface area contributed by atoms with Crippen molar-refractivity contribution < 1.29 is 9.21 Å². The Kier molecular flexibility index (Phi) is 2.71. The fourth-order valence-corrected chi connectivity index (χ4v) is 1.81. The van der Waals surface area contributed by atoms with Gasteiger partial charge in [-0.3, -0.25) is 4.79 Å². The van der Waals surface area contributed by atoms with Gasteiger partial charge in [0.25, 0.3) is 0 Å². The van der Waals surface area contributed by atoms with Crippen LogP contribution in [0.15, 0.2) is 33.5 Å². The Balaban J connectivity index is 2.70. The molecule has 0 N–H and O–H groups in total. The van der Waals surface area contributed by atoms with Crippen molar-refractivity contribution in [2.75, 3.05) is 0 Å². The van der Waals surface area contributed by atoms with Crippen molar-refractivity contribution in [2.45, 2.75) is 20.8 Å². The van der Waals surface area contributed by atoms with Crippen molar-refractivity contribution in [1.29, 1.82) is 0 Å². The van der Waals surface area contributed by atoms with Gasteiger partial charge >= 0.3 is 5.76 Å². The van der Waals surface area contributed by atoms with Crippen LogP contribution in [0.2, 0.25) is 0 Å². The molecule has 0 radical (unpaired) electrons. The lowest BCUT2D eigenvalue weighted by Gasteiger charge is -2.04. The number of hydrogen-bond donors (Lipinski definition) is 0. The molecular weight excluding hydrogens is 218 g/mol. The summed E-state index contributed by atoms with van der Waals surface area (Å²) in [6, 6.07) is 7.35. The number of oxazole rings is 1. The van der Waals surface area contributed by atoms with Crippen molar-refractivity contribution >= 4 is 5.78 Å². The van der Waals surface area contributed by atoms with Crippen LogP contribution in [0.5, 0.6) is 0 Å². The molecule has 1 aromatic heterocycles. The molecule has 1 heterocycles. The molecular formula is C13H13NO3. The van der Waals surface area contributed by atoms with E-state index in [0.29, 0.717) is 17.1 Å². The maximum atomic E-state index is 11.7. The third-order valence-corrected chi connectivity index (χ3v) is 2.61. The van der Waals surface area contributed by atoms with Crippen LogP contribution in [0.4, 0.5) is 0 Å². The number of nitrogens with zero attached hydrogens (tertiary/aromatic N) is 1. The van der Waals surface area contributed by atoms with Gasteiger partial charge in [-0.1, -0.05) is 17.7 Å². The number of aryl methyl sites for hydroxylation is 2. The van der Waals surface area contributed by atoms with Gasteiger partial charge in [0.2, 0.25) is 0 Å². The SMILES string of the molecule is CC(=O)c1c(C)oc(=O)n1-c1ccc(C)cc1. The van der Waals surface area contributed by atoms with Crippen molar-refractivity contribution in [3.05, 3.63) is 51.8 Å². The van der Waals surface area contributed by atoms with Crippen LogP contribution in [0.1, 0.15) is 28.7 Å². The summed E-state index contributed by atoms with van der Waals surface area (Å²) in [5.74, 6) is -0.367. The molecule has 0 spiro atoms. The first-order valence-electron chi connectivity index (χ1n) is 5.31. The first-order valence-corrected chi connectivity index (χ1v) is 5.31. The molecule has 17 heavy (non-hydrogen) atoms. The molecule has 0 saturated heterocycles. The van der Waals surface area contributed by atoms with E-state index in [2.05, 4.69) is 0 Å². The number of carbonyl (C=O) groups excluding carboxylic acids is 1. The van der Waals surface area contributed by atoms with Gasteiger partial charge in [-0.25, -0.2) is 9.36 Å². The van der Waals surface area contributed by atoms with Gasteiger partial charge in [0.1, 0.15) is 11.5 Å². The third-order valence-electron chi connectivity index (χ3n) is 2.61. The second kappa shape index (κ2) is 4.05. The zero-order valence-corrected chi connectivity index (χ0v) is 9.98. The fraction of sp³-hybridized carbons (Fsp3) is 0.231. The van der Waals surface area contributed by atoms with Crippen molar-refractivity contribution in [2.24, 2.45) is 0 Å². The minimum absolute atomic E-state index is 0.186. The van der Waals surface area contributed by atoms with E-state index >= 15 is 0 Å². The highest BCUT2D eigenvalue weighted by atomic mass is 16.4. The standard InChI is InChI=1S/C13H13NO3/c1-8-4-6-11(7-5-8)14-12(9(2)15)10(3)17-13(14)16/h4-7H,1-3H3. The largest absolute Gasteiger partial charge is 0.424 e. The maximum absolute atomic E-state index is 11.7. The fourth-order valence-electron chi connectivity index (χ4n) is 1.81. The van der Waals surface area contributed by atoms with Crippen LogP contribution in [0.3, 0.4) is 0 Å². The first kappa shape index (κ1) is 11.4. The molecule has 0 aliphatic rings. The molecule has 0 amide bonds. The Morgan fingerprint density at radius 1 is 1.18 bits per heavy atom. The van der Waals surface area contributed by atoms with Crippen LogP contribution >= 0.6 is 0 Å². The number of aromatic nitrogens is 1. The van der Waals surface area contributed by atoms with E-state index in [0.717, 1.165) is 5.56 Å². The van der Waals surface area contributed by atoms with Gasteiger partial charge < -0.3 is 4.42 Å². The number of benzene rings is 1. The van der Waals surface area contributed by atoms with Gasteiger partial charge in [-0.05, 0) is 26.0 Å². The Bertz CT molecular complexity index is 617. The number of carbonyl (C=O) groups is 1. The van der Waals surface area contributed by atoms with Crippen LogP contribution in [-0.4, -0.2) is 10.4 Å². The average molecular weight is 231 g/mol. The van der Waals surface area contributed by atoms with Crippen molar-refractivity contribution in [3.8, 4) is 5.69 Å². The Labute approximate surface area is 98.5 Å². The highest BCUT2D eigenvalue weighted by Crippen LogP contribution is 2.14. The second-order valence-electron chi connectivity index (χ2n) is 4.00. The summed E-state index contributed by atoms with van der Waals surface area (Å²) in [6.45, 7) is 4.99. The molecule has 88 valence electrons. The molecule has 0 saturated carbocycles. The van der Waals surface area contributed by atoms with Crippen LogP contribution in [0, 0.1) is 13.8 Å². The summed E-state index contributed by atoms with van der Waals surface area (Å²) in [4.78, 5) is 23.2. The topological polar surface area (TPSA) is 52.2 Å². The lowest BCUT2D eigenvalue weighted by atomic mass is 10.2. The van der Waals surface area contributed by atoms with E-state index in [-0.39, 0.29) is 5.78 Å². The quantitative estimate of drug-likeness (QED) is 0.745. The van der Waals surface area contributed by atoms with Crippen molar-refractivity contribution in [1.82, 2.24) is 4.57 Å². The Hall–Kier alpha value is -2.10. The molecule has 2 rings (SSSR count). The average Bonchev–Trinajstić information content (AvgIpc) is 2.55. The van der Waals surface area contributed by atoms with Gasteiger partial charge in [-0.2, -0.15) is 0 Å². The highest BCUT2D eigenvalue weighted by molar-refractivity contribution is 5.93. The molecule has 0 aliphatic carbocycles. The molecule has 4 heteroatoms. The second-order valence-corrected chi connectivity index (χ2v) is 4.00. The summed E-state index contributed by atoms with van der Waals surface area (Å²) < 4.78 is 6.28. The van der Waals surface area contributed by atoms with Crippen molar-refractivity contribution in [3.63, 3.8) is 0 Å². The van der Waals surface area contributed by atoms with E-state index in [9.17, 15) is 9.59 Å². The number of ketones is 1. The Morgan fingerprint density at radius 3 is 2.29 bits per heavy atom. The maximum Gasteiger partial charge on any atom is 0.424 e. The van der Waals surface area contributed by atoms with E-state index in [1.807, 2.05) is 19.1 Å². The molecule has 4 nitrogen and oxygen atoms in total. The third kappa shape index (κ3) is 1.93. The molecule has 0 aliphatic heterocycles. The highest BCUT2D eigenvalue weighted by Gasteiger charge is 2.18. The van der Waals surface area contributed by atoms with Gasteiger partial charge in [-0.15, -0.1) is 0 Å². The lowest BCUT2D eigenvalue weighted by molar-refractivity contribution is 0.101. The summed E-state index contributed by atoms with van der Waals surface area (Å²) in [7, 11) is 0. The number of hydrogen-bond acceptors (Lipinski definition) is 3. The van der Waals surface area contributed by atoms with Gasteiger partial charge in [0, 0.05) is 6.92 Å². The molecule has 1 aromatic carbocycles. The zero-order chi connectivity index (χ0) is 12.6. The Morgan fingerprint density at radius 2 is 1.76 bits per heavy atom. The molecule has 0 atom stereocenters. The van der Waals surface area contributed by atoms with Crippen LogP contribution in [0.25, 0.3) is 5.69 Å². The molecule has 2 aromatic rings. The predicted octanol–water partition coefficient (Wildman–Crippen LogP) is 2.25. The predicted molar refractivity (Wildman–Crippen MR) is 63.8 cm³/mol. The molecule has 0 bridgehead atoms. The van der Waals surface area contributed by atoms with E-state index in [4.69, 9.17) is 4.42 Å². The van der Waals surface area contributed by atoms with Crippen LogP contribution in [-0.2, 0) is 0 Å². The summed E-state index contributed by atoms with van der Waals surface area (Å²) >= 11 is 0. The zero-order valence-electron chi connectivity index (χ0n) is 9.98. The number of Topliss-reactive ketones (excluding diaryl/α,β-unsaturated/α-hetero) is 1. The van der Waals surface area contributed by atoms with Gasteiger partial charge in [0.15, 0.2) is 5.78 Å².